The summed E-state index contributed by atoms with van der Waals surface area (Å²) in [6.07, 6.45) is 3.91. The van der Waals surface area contributed by atoms with Gasteiger partial charge in [0.15, 0.2) is 6.29 Å². The molecular weight excluding hydrogens is 256 g/mol. The molecule has 2 rings (SSSR count). The zero-order valence-corrected chi connectivity index (χ0v) is 10.5. The molecule has 1 aliphatic rings. The molecule has 0 aromatic carbocycles. The van der Waals surface area contributed by atoms with Crippen molar-refractivity contribution in [1.82, 2.24) is 4.31 Å². The summed E-state index contributed by atoms with van der Waals surface area (Å²) in [6, 6.07) is 3.76. The van der Waals surface area contributed by atoms with Crippen molar-refractivity contribution in [3.8, 4) is 0 Å². The van der Waals surface area contributed by atoms with E-state index in [1.807, 2.05) is 17.5 Å². The first-order chi connectivity index (χ1) is 8.26. The normalized spacial score (nSPS) is 19.5. The number of carbonyl (C=O) groups is 1. The Bertz CT molecular complexity index is 518. The average Bonchev–Trinajstić information content (AvgIpc) is 2.85. The maximum Gasteiger partial charge on any atom is 0.246 e. The average molecular weight is 266 g/mol. The fraction of sp³-hybridized carbons (Fsp3) is 0.0909. The summed E-state index contributed by atoms with van der Waals surface area (Å²) in [5, 5.41) is 1.91. The van der Waals surface area contributed by atoms with Crippen molar-refractivity contribution >= 4 is 34.5 Å². The molecule has 0 radical (unpaired) electrons. The Morgan fingerprint density at radius 3 is 3.00 bits per heavy atom. The van der Waals surface area contributed by atoms with Crippen molar-refractivity contribution in [1.29, 1.82) is 0 Å². The SMILES string of the molecule is C=CCN1C(C=O)=CC(c2cccs2)=NS1=O. The van der Waals surface area contributed by atoms with Gasteiger partial charge in [0.05, 0.1) is 22.8 Å². The lowest BCUT2D eigenvalue weighted by Crippen LogP contribution is -2.29. The largest absolute Gasteiger partial charge is 0.296 e. The highest BCUT2D eigenvalue weighted by molar-refractivity contribution is 7.81. The van der Waals surface area contributed by atoms with Crippen LogP contribution in [-0.4, -0.2) is 27.1 Å². The van der Waals surface area contributed by atoms with Crippen molar-refractivity contribution in [2.24, 2.45) is 4.40 Å². The van der Waals surface area contributed by atoms with Crippen LogP contribution in [0, 0.1) is 0 Å². The first-order valence-electron chi connectivity index (χ1n) is 4.86. The van der Waals surface area contributed by atoms with Crippen molar-refractivity contribution < 1.29 is 9.00 Å². The van der Waals surface area contributed by atoms with Gasteiger partial charge in [-0.05, 0) is 17.5 Å². The van der Waals surface area contributed by atoms with E-state index in [1.54, 1.807) is 12.2 Å². The lowest BCUT2D eigenvalue weighted by atomic mass is 10.2. The van der Waals surface area contributed by atoms with Gasteiger partial charge in [0, 0.05) is 0 Å². The van der Waals surface area contributed by atoms with Crippen LogP contribution in [0.3, 0.4) is 0 Å². The monoisotopic (exact) mass is 266 g/mol. The van der Waals surface area contributed by atoms with Crippen LogP contribution in [-0.2, 0) is 16.0 Å². The van der Waals surface area contributed by atoms with E-state index in [-0.39, 0.29) is 0 Å². The van der Waals surface area contributed by atoms with Crippen LogP contribution in [0.2, 0.25) is 0 Å². The van der Waals surface area contributed by atoms with Gasteiger partial charge in [0.1, 0.15) is 0 Å². The van der Waals surface area contributed by atoms with Gasteiger partial charge in [0.25, 0.3) is 0 Å². The summed E-state index contributed by atoms with van der Waals surface area (Å²) in [5.41, 5.74) is 0.947. The van der Waals surface area contributed by atoms with Gasteiger partial charge in [-0.15, -0.1) is 17.9 Å². The number of thiophene rings is 1. The molecule has 0 aliphatic carbocycles. The summed E-state index contributed by atoms with van der Waals surface area (Å²) in [4.78, 5) is 11.9. The lowest BCUT2D eigenvalue weighted by Gasteiger charge is -2.22. The molecule has 1 aliphatic heterocycles. The first-order valence-corrected chi connectivity index (χ1v) is 6.80. The number of carbonyl (C=O) groups excluding carboxylic acids is 1. The predicted octanol–water partition coefficient (Wildman–Crippen LogP) is 1.70. The van der Waals surface area contributed by atoms with Crippen LogP contribution in [0.25, 0.3) is 0 Å². The van der Waals surface area contributed by atoms with Gasteiger partial charge in [-0.25, -0.2) is 4.21 Å². The van der Waals surface area contributed by atoms with Crippen molar-refractivity contribution in [2.45, 2.75) is 0 Å². The Labute approximate surface area is 106 Å². The molecule has 0 spiro atoms. The smallest absolute Gasteiger partial charge is 0.246 e. The van der Waals surface area contributed by atoms with E-state index in [4.69, 9.17) is 0 Å². The second-order valence-electron chi connectivity index (χ2n) is 3.22. The minimum atomic E-state index is -1.57. The van der Waals surface area contributed by atoms with E-state index in [0.29, 0.717) is 24.2 Å². The number of allylic oxidation sites excluding steroid dienone is 2. The van der Waals surface area contributed by atoms with Crippen LogP contribution in [0.4, 0.5) is 0 Å². The number of aldehydes is 1. The quantitative estimate of drug-likeness (QED) is 0.615. The van der Waals surface area contributed by atoms with E-state index in [2.05, 4.69) is 11.0 Å². The van der Waals surface area contributed by atoms with Crippen molar-refractivity contribution in [2.75, 3.05) is 6.54 Å². The maximum absolute atomic E-state index is 11.9. The molecule has 1 aromatic heterocycles. The molecular formula is C11H10N2O2S2. The summed E-state index contributed by atoms with van der Waals surface area (Å²) >= 11 is -0.0712. The van der Waals surface area contributed by atoms with E-state index < -0.39 is 11.2 Å². The maximum atomic E-state index is 11.9. The zero-order valence-electron chi connectivity index (χ0n) is 8.91. The zero-order chi connectivity index (χ0) is 12.3. The molecule has 0 bridgehead atoms. The number of hydrogen-bond acceptors (Lipinski definition) is 3. The third-order valence-corrected chi connectivity index (χ3v) is 4.11. The lowest BCUT2D eigenvalue weighted by molar-refractivity contribution is -0.105. The molecule has 2 heterocycles. The summed E-state index contributed by atoms with van der Waals surface area (Å²) < 4.78 is 17.3. The fourth-order valence-corrected chi connectivity index (χ4v) is 3.05. The number of hydrogen-bond donors (Lipinski definition) is 0. The van der Waals surface area contributed by atoms with E-state index >= 15 is 0 Å². The van der Waals surface area contributed by atoms with E-state index in [0.717, 1.165) is 4.88 Å². The molecule has 17 heavy (non-hydrogen) atoms. The Morgan fingerprint density at radius 2 is 2.41 bits per heavy atom. The molecule has 1 aromatic rings. The molecule has 6 heteroatoms. The van der Waals surface area contributed by atoms with E-state index in [9.17, 15) is 9.00 Å². The summed E-state index contributed by atoms with van der Waals surface area (Å²) in [6.45, 7) is 3.89. The summed E-state index contributed by atoms with van der Waals surface area (Å²) in [5.74, 6) is 0. The highest BCUT2D eigenvalue weighted by Gasteiger charge is 2.21. The molecule has 0 amide bonds. The van der Waals surface area contributed by atoms with Gasteiger partial charge in [0.2, 0.25) is 11.2 Å². The molecule has 0 N–H and O–H groups in total. The molecule has 0 fully saturated rings. The van der Waals surface area contributed by atoms with Gasteiger partial charge in [-0.2, -0.15) is 4.40 Å². The van der Waals surface area contributed by atoms with Crippen molar-refractivity contribution in [3.05, 3.63) is 46.8 Å². The molecule has 0 saturated heterocycles. The Balaban J connectivity index is 2.37. The van der Waals surface area contributed by atoms with Crippen LogP contribution < -0.4 is 0 Å². The van der Waals surface area contributed by atoms with Gasteiger partial charge < -0.3 is 0 Å². The highest BCUT2D eigenvalue weighted by Crippen LogP contribution is 2.19. The van der Waals surface area contributed by atoms with Crippen LogP contribution in [0.5, 0.6) is 0 Å². The van der Waals surface area contributed by atoms with Crippen LogP contribution in [0.1, 0.15) is 4.88 Å². The van der Waals surface area contributed by atoms with Crippen LogP contribution >= 0.6 is 11.3 Å². The standard InChI is InChI=1S/C11H10N2O2S2/c1-2-5-13-9(8-14)7-10(12-17(13)15)11-4-3-6-16-11/h2-4,6-8H,1,5H2. The number of nitrogens with zero attached hydrogens (tertiary/aromatic N) is 2. The second-order valence-corrected chi connectivity index (χ2v) is 5.25. The van der Waals surface area contributed by atoms with Gasteiger partial charge in [-0.3, -0.25) is 9.10 Å². The molecule has 1 atom stereocenters. The number of rotatable bonds is 4. The topological polar surface area (TPSA) is 49.7 Å². The molecule has 1 unspecified atom stereocenters. The first kappa shape index (κ1) is 11.9. The third-order valence-electron chi connectivity index (χ3n) is 2.13. The minimum Gasteiger partial charge on any atom is -0.296 e. The van der Waals surface area contributed by atoms with Crippen LogP contribution in [0.15, 0.2) is 46.3 Å². The third kappa shape index (κ3) is 2.42. The second kappa shape index (κ2) is 5.20. The van der Waals surface area contributed by atoms with E-state index in [1.165, 1.54) is 15.6 Å². The molecule has 88 valence electrons. The minimum absolute atomic E-state index is 0.332. The van der Waals surface area contributed by atoms with Gasteiger partial charge in [-0.1, -0.05) is 12.1 Å². The Kier molecular flexibility index (Phi) is 3.65. The fourth-order valence-electron chi connectivity index (χ4n) is 1.38. The van der Waals surface area contributed by atoms with Gasteiger partial charge >= 0.3 is 0 Å². The van der Waals surface area contributed by atoms with Crippen molar-refractivity contribution in [3.63, 3.8) is 0 Å². The highest BCUT2D eigenvalue weighted by atomic mass is 32.2. The molecule has 0 saturated carbocycles. The Hall–Kier alpha value is -1.53. The predicted molar refractivity (Wildman–Crippen MR) is 70.0 cm³/mol. The Morgan fingerprint density at radius 1 is 1.59 bits per heavy atom. The molecule has 4 nitrogen and oxygen atoms in total. The summed E-state index contributed by atoms with van der Waals surface area (Å²) in [7, 11) is 0.